The molecule has 1 amide bonds. The molecule has 0 bridgehead atoms. The van der Waals surface area contributed by atoms with Gasteiger partial charge in [-0.05, 0) is 12.1 Å². The van der Waals surface area contributed by atoms with Crippen LogP contribution in [0.3, 0.4) is 0 Å². The molecule has 1 aliphatic rings. The van der Waals surface area contributed by atoms with Crippen molar-refractivity contribution in [1.82, 2.24) is 4.98 Å². The van der Waals surface area contributed by atoms with Crippen molar-refractivity contribution < 1.29 is 9.21 Å². The fourth-order valence-electron chi connectivity index (χ4n) is 2.33. The molecule has 4 heteroatoms. The van der Waals surface area contributed by atoms with E-state index in [4.69, 9.17) is 4.42 Å². The summed E-state index contributed by atoms with van der Waals surface area (Å²) in [6, 6.07) is 7.74. The molecule has 0 aliphatic carbocycles. The van der Waals surface area contributed by atoms with E-state index in [1.807, 2.05) is 30.3 Å². The average Bonchev–Trinajstić information content (AvgIpc) is 3.08. The first-order valence-electron chi connectivity index (χ1n) is 6.20. The quantitative estimate of drug-likeness (QED) is 0.791. The number of hydrogen-bond donors (Lipinski definition) is 0. The first kappa shape index (κ1) is 11.7. The van der Waals surface area contributed by atoms with Gasteiger partial charge in [0.15, 0.2) is 12.2 Å². The zero-order chi connectivity index (χ0) is 13.2. The minimum atomic E-state index is 0.139. The zero-order valence-electron chi connectivity index (χ0n) is 10.5. The van der Waals surface area contributed by atoms with Crippen molar-refractivity contribution in [3.05, 3.63) is 49.5 Å². The summed E-state index contributed by atoms with van der Waals surface area (Å²) in [5.74, 6) is 1.08. The van der Waals surface area contributed by atoms with Crippen LogP contribution in [0.25, 0.3) is 11.3 Å². The third-order valence-electron chi connectivity index (χ3n) is 3.36. The molecule has 19 heavy (non-hydrogen) atoms. The van der Waals surface area contributed by atoms with Crippen LogP contribution < -0.4 is 4.90 Å². The number of rotatable bonds is 3. The van der Waals surface area contributed by atoms with E-state index >= 15 is 0 Å². The van der Waals surface area contributed by atoms with Crippen molar-refractivity contribution >= 4 is 11.6 Å². The highest BCUT2D eigenvalue weighted by Crippen LogP contribution is 2.29. The highest BCUT2D eigenvalue weighted by molar-refractivity contribution is 5.96. The molecular weight excluding hydrogens is 240 g/mol. The van der Waals surface area contributed by atoms with Gasteiger partial charge in [0.05, 0.1) is 6.20 Å². The van der Waals surface area contributed by atoms with Gasteiger partial charge in [-0.3, -0.25) is 4.79 Å². The van der Waals surface area contributed by atoms with E-state index in [2.05, 4.69) is 11.6 Å². The summed E-state index contributed by atoms with van der Waals surface area (Å²) < 4.78 is 5.28. The third-order valence-corrected chi connectivity index (χ3v) is 3.36. The highest BCUT2D eigenvalue weighted by atomic mass is 16.3. The summed E-state index contributed by atoms with van der Waals surface area (Å²) >= 11 is 0. The number of benzene rings is 1. The SMILES string of the molecule is C=CC1CC(=O)N(c2cccc(-c3cnco3)c2)C1. The standard InChI is InChI=1S/C15H14N2O2/c1-2-11-6-15(18)17(9-11)13-5-3-4-12(7-13)14-8-16-10-19-14/h2-5,7-8,10-11H,1,6,9H2. The number of oxazole rings is 1. The number of hydrogen-bond acceptors (Lipinski definition) is 3. The highest BCUT2D eigenvalue weighted by Gasteiger charge is 2.28. The van der Waals surface area contributed by atoms with Crippen LogP contribution in [0.5, 0.6) is 0 Å². The molecule has 1 aromatic carbocycles. The normalized spacial score (nSPS) is 18.8. The predicted octanol–water partition coefficient (Wildman–Crippen LogP) is 2.88. The number of carbonyl (C=O) groups excluding carboxylic acids is 1. The first-order valence-corrected chi connectivity index (χ1v) is 6.20. The van der Waals surface area contributed by atoms with Crippen LogP contribution >= 0.6 is 0 Å². The smallest absolute Gasteiger partial charge is 0.227 e. The van der Waals surface area contributed by atoms with E-state index in [0.717, 1.165) is 11.3 Å². The summed E-state index contributed by atoms with van der Waals surface area (Å²) in [4.78, 5) is 17.7. The number of aromatic nitrogens is 1. The van der Waals surface area contributed by atoms with E-state index in [0.29, 0.717) is 18.7 Å². The minimum absolute atomic E-state index is 0.139. The molecule has 2 aromatic rings. The van der Waals surface area contributed by atoms with Crippen molar-refractivity contribution in [3.63, 3.8) is 0 Å². The maximum atomic E-state index is 12.0. The molecule has 1 atom stereocenters. The molecule has 1 aromatic heterocycles. The van der Waals surface area contributed by atoms with Crippen molar-refractivity contribution in [1.29, 1.82) is 0 Å². The van der Waals surface area contributed by atoms with Gasteiger partial charge in [0, 0.05) is 30.1 Å². The Morgan fingerprint density at radius 2 is 2.37 bits per heavy atom. The van der Waals surface area contributed by atoms with Crippen LogP contribution in [0.1, 0.15) is 6.42 Å². The minimum Gasteiger partial charge on any atom is -0.444 e. The first-order chi connectivity index (χ1) is 9.28. The molecule has 3 rings (SSSR count). The van der Waals surface area contributed by atoms with Gasteiger partial charge in [-0.25, -0.2) is 4.98 Å². The van der Waals surface area contributed by atoms with Gasteiger partial charge in [0.25, 0.3) is 0 Å². The van der Waals surface area contributed by atoms with Crippen molar-refractivity contribution in [2.45, 2.75) is 6.42 Å². The van der Waals surface area contributed by atoms with E-state index in [-0.39, 0.29) is 11.8 Å². The molecule has 96 valence electrons. The van der Waals surface area contributed by atoms with Gasteiger partial charge >= 0.3 is 0 Å². The van der Waals surface area contributed by atoms with Crippen LogP contribution in [-0.4, -0.2) is 17.4 Å². The van der Waals surface area contributed by atoms with E-state index in [1.54, 1.807) is 11.1 Å². The molecular formula is C15H14N2O2. The fourth-order valence-corrected chi connectivity index (χ4v) is 2.33. The van der Waals surface area contributed by atoms with Crippen LogP contribution in [-0.2, 0) is 4.79 Å². The molecule has 1 fully saturated rings. The largest absolute Gasteiger partial charge is 0.444 e. The Morgan fingerprint density at radius 1 is 1.47 bits per heavy atom. The zero-order valence-corrected chi connectivity index (χ0v) is 10.5. The summed E-state index contributed by atoms with van der Waals surface area (Å²) in [5.41, 5.74) is 1.81. The second kappa shape index (κ2) is 4.72. The number of nitrogens with zero attached hydrogens (tertiary/aromatic N) is 2. The Morgan fingerprint density at radius 3 is 3.05 bits per heavy atom. The van der Waals surface area contributed by atoms with Crippen LogP contribution in [0.4, 0.5) is 5.69 Å². The lowest BCUT2D eigenvalue weighted by atomic mass is 10.1. The van der Waals surface area contributed by atoms with E-state index in [9.17, 15) is 4.79 Å². The van der Waals surface area contributed by atoms with Gasteiger partial charge in [0.1, 0.15) is 0 Å². The molecule has 1 unspecified atom stereocenters. The second-order valence-electron chi connectivity index (χ2n) is 4.62. The Hall–Kier alpha value is -2.36. The molecule has 0 spiro atoms. The average molecular weight is 254 g/mol. The number of amides is 1. The maximum Gasteiger partial charge on any atom is 0.227 e. The second-order valence-corrected chi connectivity index (χ2v) is 4.62. The third kappa shape index (κ3) is 2.17. The Labute approximate surface area is 111 Å². The molecule has 1 saturated heterocycles. The molecule has 0 N–H and O–H groups in total. The molecule has 4 nitrogen and oxygen atoms in total. The Kier molecular flexibility index (Phi) is 2.91. The summed E-state index contributed by atoms with van der Waals surface area (Å²) in [7, 11) is 0. The van der Waals surface area contributed by atoms with Crippen molar-refractivity contribution in [3.8, 4) is 11.3 Å². The number of anilines is 1. The predicted molar refractivity (Wildman–Crippen MR) is 72.6 cm³/mol. The number of carbonyl (C=O) groups is 1. The van der Waals surface area contributed by atoms with Gasteiger partial charge in [0.2, 0.25) is 5.91 Å². The summed E-state index contributed by atoms with van der Waals surface area (Å²) in [5, 5.41) is 0. The fraction of sp³-hybridized carbons (Fsp3) is 0.200. The van der Waals surface area contributed by atoms with Crippen LogP contribution in [0, 0.1) is 5.92 Å². The van der Waals surface area contributed by atoms with Crippen LogP contribution in [0.2, 0.25) is 0 Å². The van der Waals surface area contributed by atoms with Gasteiger partial charge in [-0.2, -0.15) is 0 Å². The lowest BCUT2D eigenvalue weighted by molar-refractivity contribution is -0.117. The monoisotopic (exact) mass is 254 g/mol. The molecule has 2 heterocycles. The van der Waals surface area contributed by atoms with Gasteiger partial charge < -0.3 is 9.32 Å². The Balaban J connectivity index is 1.92. The van der Waals surface area contributed by atoms with Crippen molar-refractivity contribution in [2.75, 3.05) is 11.4 Å². The van der Waals surface area contributed by atoms with Gasteiger partial charge in [-0.1, -0.05) is 18.2 Å². The summed E-state index contributed by atoms with van der Waals surface area (Å²) in [6.45, 7) is 4.46. The molecule has 1 aliphatic heterocycles. The van der Waals surface area contributed by atoms with Crippen molar-refractivity contribution in [2.24, 2.45) is 5.92 Å². The van der Waals surface area contributed by atoms with E-state index < -0.39 is 0 Å². The van der Waals surface area contributed by atoms with Crippen LogP contribution in [0.15, 0.2) is 53.9 Å². The summed E-state index contributed by atoms with van der Waals surface area (Å²) in [6.07, 6.45) is 5.45. The lowest BCUT2D eigenvalue weighted by Crippen LogP contribution is -2.24. The molecule has 0 radical (unpaired) electrons. The molecule has 0 saturated carbocycles. The maximum absolute atomic E-state index is 12.0. The topological polar surface area (TPSA) is 46.3 Å². The van der Waals surface area contributed by atoms with E-state index in [1.165, 1.54) is 6.39 Å². The lowest BCUT2D eigenvalue weighted by Gasteiger charge is -2.16. The Bertz CT molecular complexity index is 604. The van der Waals surface area contributed by atoms with Gasteiger partial charge in [-0.15, -0.1) is 6.58 Å².